The molecule has 7 heteroatoms. The van der Waals surface area contributed by atoms with Gasteiger partial charge in [0.05, 0.1) is 13.7 Å². The summed E-state index contributed by atoms with van der Waals surface area (Å²) in [5, 5.41) is 10.9. The average Bonchev–Trinajstić information content (AvgIpc) is 2.41. The van der Waals surface area contributed by atoms with Gasteiger partial charge in [-0.25, -0.2) is 4.79 Å². The molecule has 0 aromatic carbocycles. The number of rotatable bonds is 10. The monoisotopic (exact) mass is 287 g/mol. The van der Waals surface area contributed by atoms with Crippen LogP contribution in [0, 0.1) is 10.1 Å². The number of hydrogen-bond acceptors (Lipinski definition) is 6. The molecule has 114 valence electrons. The molecule has 0 bridgehead atoms. The highest BCUT2D eigenvalue weighted by molar-refractivity contribution is 5.87. The Kier molecular flexibility index (Phi) is 8.98. The molecule has 0 N–H and O–H groups in total. The minimum absolute atomic E-state index is 0.0376. The quantitative estimate of drug-likeness (QED) is 0.200. The van der Waals surface area contributed by atoms with Crippen LogP contribution in [0.1, 0.15) is 39.0 Å². The van der Waals surface area contributed by atoms with Crippen LogP contribution in [0.5, 0.6) is 0 Å². The highest BCUT2D eigenvalue weighted by atomic mass is 16.6. The fourth-order valence-corrected chi connectivity index (χ4v) is 1.63. The Morgan fingerprint density at radius 3 is 2.50 bits per heavy atom. The first-order valence-corrected chi connectivity index (χ1v) is 6.47. The van der Waals surface area contributed by atoms with Crippen molar-refractivity contribution in [1.82, 2.24) is 0 Å². The molecule has 1 unspecified atom stereocenters. The second-order valence-corrected chi connectivity index (χ2v) is 4.29. The lowest BCUT2D eigenvalue weighted by molar-refractivity contribution is -0.523. The van der Waals surface area contributed by atoms with E-state index in [1.807, 2.05) is 0 Å². The van der Waals surface area contributed by atoms with Crippen molar-refractivity contribution in [1.29, 1.82) is 0 Å². The third-order valence-corrected chi connectivity index (χ3v) is 2.74. The van der Waals surface area contributed by atoms with Crippen LogP contribution in [0.4, 0.5) is 0 Å². The molecule has 1 atom stereocenters. The molecule has 0 aromatic rings. The molecule has 0 aromatic heterocycles. The van der Waals surface area contributed by atoms with E-state index in [2.05, 4.69) is 11.3 Å². The summed E-state index contributed by atoms with van der Waals surface area (Å²) < 4.78 is 9.21. The van der Waals surface area contributed by atoms with Gasteiger partial charge in [-0.1, -0.05) is 6.58 Å². The van der Waals surface area contributed by atoms with Crippen LogP contribution in [0.2, 0.25) is 0 Å². The number of methoxy groups -OCH3 is 1. The number of unbranched alkanes of at least 4 members (excludes halogenated alkanes) is 1. The number of nitro groups is 1. The topological polar surface area (TPSA) is 95.7 Å². The van der Waals surface area contributed by atoms with Gasteiger partial charge in [0.2, 0.25) is 6.04 Å². The Morgan fingerprint density at radius 1 is 1.35 bits per heavy atom. The smallest absolute Gasteiger partial charge is 0.333 e. The first-order chi connectivity index (χ1) is 9.42. The average molecular weight is 287 g/mol. The molecule has 0 spiro atoms. The van der Waals surface area contributed by atoms with Crippen molar-refractivity contribution in [2.24, 2.45) is 0 Å². The summed E-state index contributed by atoms with van der Waals surface area (Å²) in [5.41, 5.74) is 0.0986. The van der Waals surface area contributed by atoms with Crippen LogP contribution in [0.25, 0.3) is 0 Å². The molecule has 0 rings (SSSR count). The highest BCUT2D eigenvalue weighted by Crippen LogP contribution is 2.15. The molecule has 0 aliphatic carbocycles. The summed E-state index contributed by atoms with van der Waals surface area (Å²) >= 11 is 0. The Morgan fingerprint density at radius 2 is 2.00 bits per heavy atom. The van der Waals surface area contributed by atoms with Gasteiger partial charge in [0.25, 0.3) is 0 Å². The number of carbonyl (C=O) groups is 2. The van der Waals surface area contributed by atoms with E-state index in [0.717, 1.165) is 0 Å². The maximum absolute atomic E-state index is 11.4. The molecule has 20 heavy (non-hydrogen) atoms. The summed E-state index contributed by atoms with van der Waals surface area (Å²) in [6, 6.07) is -0.885. The van der Waals surface area contributed by atoms with Crippen LogP contribution < -0.4 is 0 Å². The van der Waals surface area contributed by atoms with Gasteiger partial charge in [-0.15, -0.1) is 0 Å². The Bertz CT molecular complexity index is 366. The normalized spacial score (nSPS) is 11.5. The van der Waals surface area contributed by atoms with Gasteiger partial charge in [0.1, 0.15) is 0 Å². The molecular weight excluding hydrogens is 266 g/mol. The van der Waals surface area contributed by atoms with Crippen LogP contribution in [-0.4, -0.2) is 36.6 Å². The third-order valence-electron chi connectivity index (χ3n) is 2.74. The zero-order chi connectivity index (χ0) is 15.5. The zero-order valence-electron chi connectivity index (χ0n) is 11.9. The predicted octanol–water partition coefficient (Wildman–Crippen LogP) is 1.87. The van der Waals surface area contributed by atoms with E-state index < -0.39 is 16.9 Å². The molecule has 7 nitrogen and oxygen atoms in total. The molecule has 0 aliphatic rings. The zero-order valence-corrected chi connectivity index (χ0v) is 11.9. The molecule has 0 saturated heterocycles. The summed E-state index contributed by atoms with van der Waals surface area (Å²) in [7, 11) is 1.30. The van der Waals surface area contributed by atoms with Gasteiger partial charge < -0.3 is 9.47 Å². The molecule has 0 heterocycles. The molecule has 0 amide bonds. The maximum Gasteiger partial charge on any atom is 0.333 e. The summed E-state index contributed by atoms with van der Waals surface area (Å²) in [4.78, 5) is 32.7. The van der Waals surface area contributed by atoms with E-state index in [9.17, 15) is 19.7 Å². The fourth-order valence-electron chi connectivity index (χ4n) is 1.63. The van der Waals surface area contributed by atoms with Gasteiger partial charge in [-0.05, 0) is 19.8 Å². The lowest BCUT2D eigenvalue weighted by atomic mass is 10.0. The second kappa shape index (κ2) is 9.94. The van der Waals surface area contributed by atoms with Crippen molar-refractivity contribution in [3.8, 4) is 0 Å². The van der Waals surface area contributed by atoms with Crippen molar-refractivity contribution in [3.05, 3.63) is 22.3 Å². The van der Waals surface area contributed by atoms with Gasteiger partial charge >= 0.3 is 11.9 Å². The van der Waals surface area contributed by atoms with Gasteiger partial charge in [0, 0.05) is 29.8 Å². The van der Waals surface area contributed by atoms with E-state index in [-0.39, 0.29) is 37.4 Å². The largest absolute Gasteiger partial charge is 0.469 e. The predicted molar refractivity (Wildman–Crippen MR) is 71.7 cm³/mol. The van der Waals surface area contributed by atoms with E-state index >= 15 is 0 Å². The van der Waals surface area contributed by atoms with Crippen molar-refractivity contribution >= 4 is 11.9 Å². The summed E-state index contributed by atoms with van der Waals surface area (Å²) in [5.74, 6) is -0.938. The molecule has 0 radical (unpaired) electrons. The van der Waals surface area contributed by atoms with Crippen LogP contribution in [0.15, 0.2) is 12.2 Å². The molecule has 0 fully saturated rings. The van der Waals surface area contributed by atoms with Gasteiger partial charge in [-0.2, -0.15) is 0 Å². The lowest BCUT2D eigenvalue weighted by Crippen LogP contribution is -2.22. The van der Waals surface area contributed by atoms with Crippen molar-refractivity contribution < 1.29 is 24.0 Å². The first-order valence-electron chi connectivity index (χ1n) is 6.47. The number of esters is 2. The van der Waals surface area contributed by atoms with Gasteiger partial charge in [0.15, 0.2) is 0 Å². The first kappa shape index (κ1) is 18.1. The van der Waals surface area contributed by atoms with Crippen LogP contribution in [0.3, 0.4) is 0 Å². The fraction of sp³-hybridized carbons (Fsp3) is 0.692. The van der Waals surface area contributed by atoms with E-state index in [1.54, 1.807) is 6.92 Å². The number of nitrogens with zero attached hydrogens (tertiary/aromatic N) is 1. The van der Waals surface area contributed by atoms with Gasteiger partial charge in [-0.3, -0.25) is 14.9 Å². The standard InChI is InChI=1S/C13H21NO6/c1-4-20-13(16)10(2)9-11(14(17)18)7-5-6-8-12(15)19-3/h11H,2,4-9H2,1,3H3. The molecule has 0 aliphatic heterocycles. The Hall–Kier alpha value is -1.92. The highest BCUT2D eigenvalue weighted by Gasteiger charge is 2.24. The third kappa shape index (κ3) is 7.50. The van der Waals surface area contributed by atoms with E-state index in [4.69, 9.17) is 4.74 Å². The lowest BCUT2D eigenvalue weighted by Gasteiger charge is -2.10. The van der Waals surface area contributed by atoms with Crippen molar-refractivity contribution in [3.63, 3.8) is 0 Å². The number of ether oxygens (including phenoxy) is 2. The maximum atomic E-state index is 11.4. The summed E-state index contributed by atoms with van der Waals surface area (Å²) in [6.45, 7) is 5.38. The summed E-state index contributed by atoms with van der Waals surface area (Å²) in [6.07, 6.45) is 1.51. The molecular formula is C13H21NO6. The van der Waals surface area contributed by atoms with Crippen molar-refractivity contribution in [2.45, 2.75) is 45.1 Å². The Balaban J connectivity index is 4.17. The SMILES string of the molecule is C=C(CC(CCCCC(=O)OC)[N+](=O)[O-])C(=O)OCC. The van der Waals surface area contributed by atoms with E-state index in [1.165, 1.54) is 7.11 Å². The van der Waals surface area contributed by atoms with Crippen LogP contribution in [-0.2, 0) is 19.1 Å². The Labute approximate surface area is 118 Å². The van der Waals surface area contributed by atoms with Crippen molar-refractivity contribution in [2.75, 3.05) is 13.7 Å². The van der Waals surface area contributed by atoms with E-state index in [0.29, 0.717) is 12.8 Å². The minimum Gasteiger partial charge on any atom is -0.469 e. The number of carbonyl (C=O) groups excluding carboxylic acids is 2. The minimum atomic E-state index is -0.885. The second-order valence-electron chi connectivity index (χ2n) is 4.29. The number of hydrogen-bond donors (Lipinski definition) is 0. The van der Waals surface area contributed by atoms with Crippen LogP contribution >= 0.6 is 0 Å². The molecule has 0 saturated carbocycles.